The average molecular weight is 404 g/mol. The zero-order chi connectivity index (χ0) is 19.8. The number of ether oxygens (including phenoxy) is 1. The summed E-state index contributed by atoms with van der Waals surface area (Å²) in [4.78, 5) is 11.4. The Labute approximate surface area is 152 Å². The maximum absolute atomic E-state index is 15.0. The van der Waals surface area contributed by atoms with E-state index < -0.39 is 46.3 Å². The van der Waals surface area contributed by atoms with Gasteiger partial charge in [-0.3, -0.25) is 4.79 Å². The summed E-state index contributed by atoms with van der Waals surface area (Å²) in [5.74, 6) is -2.36. The number of carbonyl (C=O) groups is 1. The monoisotopic (exact) mass is 404 g/mol. The maximum atomic E-state index is 15.0. The largest absolute Gasteiger partial charge is 0.506 e. The molecule has 27 heavy (non-hydrogen) atoms. The first-order valence-electron chi connectivity index (χ1n) is 7.88. The molecule has 2 N–H and O–H groups in total. The van der Waals surface area contributed by atoms with Gasteiger partial charge in [0.1, 0.15) is 23.7 Å². The molecule has 7 nitrogen and oxygen atoms in total. The van der Waals surface area contributed by atoms with Crippen LogP contribution in [-0.2, 0) is 15.0 Å². The number of nitrogens with one attached hydrogen (secondary N) is 1. The molecule has 0 bridgehead atoms. The van der Waals surface area contributed by atoms with Crippen molar-refractivity contribution in [2.24, 2.45) is 0 Å². The molecule has 0 aliphatic carbocycles. The molecular weight excluding hydrogens is 389 g/mol. The molecule has 3 rings (SSSR count). The SMILES string of the molecule is O=C1CN(c2c(O)cc3ccc(OCCCC(F)F)cc3c2F)S(=O)(=O)N1. The second-order valence-corrected chi connectivity index (χ2v) is 7.45. The van der Waals surface area contributed by atoms with Crippen LogP contribution < -0.4 is 13.8 Å². The van der Waals surface area contributed by atoms with Crippen molar-refractivity contribution >= 4 is 32.6 Å². The summed E-state index contributed by atoms with van der Waals surface area (Å²) in [5, 5.41) is 10.3. The van der Waals surface area contributed by atoms with Crippen molar-refractivity contribution < 1.29 is 36.2 Å². The van der Waals surface area contributed by atoms with E-state index in [4.69, 9.17) is 4.74 Å². The van der Waals surface area contributed by atoms with Crippen molar-refractivity contribution in [3.63, 3.8) is 0 Å². The first-order chi connectivity index (χ1) is 12.7. The number of carbonyl (C=O) groups excluding carboxylic acids is 1. The van der Waals surface area contributed by atoms with Crippen molar-refractivity contribution in [1.82, 2.24) is 4.72 Å². The van der Waals surface area contributed by atoms with Crippen molar-refractivity contribution in [3.05, 3.63) is 30.1 Å². The van der Waals surface area contributed by atoms with E-state index in [-0.39, 0.29) is 36.0 Å². The predicted molar refractivity (Wildman–Crippen MR) is 90.7 cm³/mol. The fourth-order valence-corrected chi connectivity index (χ4v) is 3.87. The van der Waals surface area contributed by atoms with Gasteiger partial charge < -0.3 is 9.84 Å². The van der Waals surface area contributed by atoms with Gasteiger partial charge in [0, 0.05) is 11.8 Å². The third kappa shape index (κ3) is 3.87. The molecule has 2 aromatic carbocycles. The van der Waals surface area contributed by atoms with Crippen LogP contribution in [0.2, 0.25) is 0 Å². The standard InChI is InChI=1S/C16H15F3N2O5S/c17-13(18)2-1-5-26-10-4-3-9-6-12(22)16(15(19)11(9)7-10)21-8-14(23)20-27(21,24)25/h3-4,6-7,13,22H,1-2,5,8H2,(H,20,23). The van der Waals surface area contributed by atoms with Gasteiger partial charge in [-0.15, -0.1) is 0 Å². The number of aromatic hydroxyl groups is 1. The highest BCUT2D eigenvalue weighted by Gasteiger charge is 2.37. The molecule has 1 fully saturated rings. The summed E-state index contributed by atoms with van der Waals surface area (Å²) in [6, 6.07) is 5.34. The lowest BCUT2D eigenvalue weighted by Crippen LogP contribution is -2.30. The molecule has 0 radical (unpaired) electrons. The molecule has 0 aromatic heterocycles. The molecule has 0 spiro atoms. The van der Waals surface area contributed by atoms with Gasteiger partial charge in [0.2, 0.25) is 6.43 Å². The maximum Gasteiger partial charge on any atom is 0.326 e. The number of phenolic OH excluding ortho intramolecular Hbond substituents is 1. The van der Waals surface area contributed by atoms with Crippen LogP contribution in [0.5, 0.6) is 11.5 Å². The van der Waals surface area contributed by atoms with Crippen LogP contribution in [0.3, 0.4) is 0 Å². The van der Waals surface area contributed by atoms with Crippen molar-refractivity contribution in [2.45, 2.75) is 19.3 Å². The number of hydrogen-bond donors (Lipinski definition) is 2. The Morgan fingerprint density at radius 2 is 2.04 bits per heavy atom. The Morgan fingerprint density at radius 1 is 1.30 bits per heavy atom. The minimum Gasteiger partial charge on any atom is -0.506 e. The number of halogens is 3. The van der Waals surface area contributed by atoms with Gasteiger partial charge in [0.25, 0.3) is 5.91 Å². The lowest BCUT2D eigenvalue weighted by atomic mass is 10.1. The Bertz CT molecular complexity index is 997. The fourth-order valence-electron chi connectivity index (χ4n) is 2.71. The molecule has 1 saturated heterocycles. The molecule has 1 aliphatic rings. The van der Waals surface area contributed by atoms with Crippen molar-refractivity contribution in [3.8, 4) is 11.5 Å². The van der Waals surface area contributed by atoms with E-state index in [0.717, 1.165) is 6.07 Å². The number of alkyl halides is 2. The smallest absolute Gasteiger partial charge is 0.326 e. The second-order valence-electron chi connectivity index (χ2n) is 5.86. The molecule has 1 aliphatic heterocycles. The number of fused-ring (bicyclic) bond motifs is 1. The first kappa shape index (κ1) is 19.1. The van der Waals surface area contributed by atoms with E-state index in [1.165, 1.54) is 18.2 Å². The van der Waals surface area contributed by atoms with Gasteiger partial charge in [0.05, 0.1) is 6.61 Å². The topological polar surface area (TPSA) is 95.9 Å². The van der Waals surface area contributed by atoms with E-state index in [2.05, 4.69) is 0 Å². The number of hydrogen-bond acceptors (Lipinski definition) is 5. The lowest BCUT2D eigenvalue weighted by Gasteiger charge is -2.18. The molecule has 1 heterocycles. The van der Waals surface area contributed by atoms with Crippen LogP contribution in [0.4, 0.5) is 18.9 Å². The molecule has 0 unspecified atom stereocenters. The summed E-state index contributed by atoms with van der Waals surface area (Å²) in [6.45, 7) is -0.663. The second kappa shape index (κ2) is 7.14. The fraction of sp³-hybridized carbons (Fsp3) is 0.312. The van der Waals surface area contributed by atoms with Crippen molar-refractivity contribution in [1.29, 1.82) is 0 Å². The highest BCUT2D eigenvalue weighted by atomic mass is 32.2. The molecule has 0 atom stereocenters. The van der Waals surface area contributed by atoms with Crippen LogP contribution >= 0.6 is 0 Å². The molecule has 1 amide bonds. The van der Waals surface area contributed by atoms with Crippen LogP contribution in [-0.4, -0.2) is 39.0 Å². The van der Waals surface area contributed by atoms with Crippen LogP contribution in [0.15, 0.2) is 24.3 Å². The third-order valence-corrected chi connectivity index (χ3v) is 5.29. The number of nitrogens with zero attached hydrogens (tertiary/aromatic N) is 1. The van der Waals surface area contributed by atoms with Crippen LogP contribution in [0.1, 0.15) is 12.8 Å². The van der Waals surface area contributed by atoms with Gasteiger partial charge in [-0.2, -0.15) is 8.42 Å². The van der Waals surface area contributed by atoms with Crippen LogP contribution in [0.25, 0.3) is 10.8 Å². The minimum atomic E-state index is -4.31. The Hall–Kier alpha value is -2.69. The molecule has 2 aromatic rings. The quantitative estimate of drug-likeness (QED) is 0.721. The summed E-state index contributed by atoms with van der Waals surface area (Å²) >= 11 is 0. The molecule has 146 valence electrons. The number of anilines is 1. The molecule has 0 saturated carbocycles. The van der Waals surface area contributed by atoms with E-state index in [1.54, 1.807) is 4.72 Å². The van der Waals surface area contributed by atoms with Gasteiger partial charge in [-0.1, -0.05) is 6.07 Å². The highest BCUT2D eigenvalue weighted by molar-refractivity contribution is 7.92. The number of benzene rings is 2. The van der Waals surface area contributed by atoms with Gasteiger partial charge in [0.15, 0.2) is 5.82 Å². The van der Waals surface area contributed by atoms with E-state index >= 15 is 0 Å². The minimum absolute atomic E-state index is 0.00132. The Kier molecular flexibility index (Phi) is 5.05. The summed E-state index contributed by atoms with van der Waals surface area (Å²) in [5.41, 5.74) is -0.657. The van der Waals surface area contributed by atoms with Crippen LogP contribution in [0, 0.1) is 5.82 Å². The predicted octanol–water partition coefficient (Wildman–Crippen LogP) is 2.29. The zero-order valence-electron chi connectivity index (χ0n) is 13.8. The van der Waals surface area contributed by atoms with E-state index in [1.807, 2.05) is 0 Å². The van der Waals surface area contributed by atoms with Gasteiger partial charge in [-0.25, -0.2) is 22.2 Å². The van der Waals surface area contributed by atoms with Crippen molar-refractivity contribution in [2.75, 3.05) is 17.5 Å². The Balaban J connectivity index is 1.95. The number of phenols is 1. The van der Waals surface area contributed by atoms with E-state index in [9.17, 15) is 31.5 Å². The lowest BCUT2D eigenvalue weighted by molar-refractivity contribution is -0.117. The van der Waals surface area contributed by atoms with E-state index in [0.29, 0.717) is 4.31 Å². The normalized spacial score (nSPS) is 16.1. The highest BCUT2D eigenvalue weighted by Crippen LogP contribution is 2.39. The van der Waals surface area contributed by atoms with Gasteiger partial charge in [-0.05, 0) is 30.0 Å². The van der Waals surface area contributed by atoms with Gasteiger partial charge >= 0.3 is 10.2 Å². The molecular formula is C16H15F3N2O5S. The molecule has 11 heteroatoms. The first-order valence-corrected chi connectivity index (χ1v) is 9.32. The Morgan fingerprint density at radius 3 is 2.67 bits per heavy atom. The number of amides is 1. The number of rotatable bonds is 6. The summed E-state index contributed by atoms with van der Waals surface area (Å²) in [6.07, 6.45) is -2.65. The summed E-state index contributed by atoms with van der Waals surface area (Å²) < 4.78 is 70.6. The average Bonchev–Trinajstić information content (AvgIpc) is 2.84. The third-order valence-electron chi connectivity index (χ3n) is 3.91. The summed E-state index contributed by atoms with van der Waals surface area (Å²) in [7, 11) is -4.31. The zero-order valence-corrected chi connectivity index (χ0v) is 14.6.